The van der Waals surface area contributed by atoms with Gasteiger partial charge in [-0.3, -0.25) is 0 Å². The monoisotopic (exact) mass is 251 g/mol. The van der Waals surface area contributed by atoms with E-state index in [0.29, 0.717) is 17.6 Å². The van der Waals surface area contributed by atoms with Crippen molar-refractivity contribution in [3.63, 3.8) is 0 Å². The number of amidine groups is 1. The Hall–Kier alpha value is -1.89. The lowest BCUT2D eigenvalue weighted by molar-refractivity contribution is 0.161. The summed E-state index contributed by atoms with van der Waals surface area (Å²) < 4.78 is 5.15. The first-order valence-corrected chi connectivity index (χ1v) is 5.79. The molecule has 0 aromatic carbocycles. The number of methoxy groups -OCH3 is 1. The molecule has 0 bridgehead atoms. The molecular formula is C11H17N5O2. The Labute approximate surface area is 105 Å². The zero-order chi connectivity index (χ0) is 13.0. The molecule has 1 atom stereocenters. The van der Waals surface area contributed by atoms with Crippen molar-refractivity contribution < 1.29 is 9.94 Å². The third-order valence-corrected chi connectivity index (χ3v) is 2.98. The molecule has 0 spiro atoms. The number of ether oxygens (including phenoxy) is 1. The Morgan fingerprint density at radius 3 is 3.28 bits per heavy atom. The molecule has 0 radical (unpaired) electrons. The molecule has 1 aromatic heterocycles. The minimum Gasteiger partial charge on any atom is -0.409 e. The van der Waals surface area contributed by atoms with Crippen LogP contribution in [0.2, 0.25) is 0 Å². The fraction of sp³-hybridized carbons (Fsp3) is 0.545. The molecule has 0 saturated carbocycles. The Bertz CT molecular complexity index is 437. The van der Waals surface area contributed by atoms with Gasteiger partial charge in [0.25, 0.3) is 0 Å². The molecule has 98 valence electrons. The summed E-state index contributed by atoms with van der Waals surface area (Å²) in [5.74, 6) is 1.11. The van der Waals surface area contributed by atoms with Crippen LogP contribution in [0.5, 0.6) is 0 Å². The first-order valence-electron chi connectivity index (χ1n) is 5.79. The smallest absolute Gasteiger partial charge is 0.225 e. The zero-order valence-electron chi connectivity index (χ0n) is 10.3. The van der Waals surface area contributed by atoms with Gasteiger partial charge in [-0.15, -0.1) is 0 Å². The molecule has 3 N–H and O–H groups in total. The molecule has 1 aliphatic rings. The van der Waals surface area contributed by atoms with Gasteiger partial charge >= 0.3 is 0 Å². The minimum absolute atomic E-state index is 0.00807. The third kappa shape index (κ3) is 2.67. The first-order chi connectivity index (χ1) is 8.74. The summed E-state index contributed by atoms with van der Waals surface area (Å²) in [7, 11) is 1.71. The van der Waals surface area contributed by atoms with Crippen molar-refractivity contribution in [2.24, 2.45) is 16.8 Å². The highest BCUT2D eigenvalue weighted by molar-refractivity contribution is 5.95. The molecule has 2 rings (SSSR count). The Morgan fingerprint density at radius 1 is 1.72 bits per heavy atom. The van der Waals surface area contributed by atoms with Gasteiger partial charge in [0.2, 0.25) is 5.95 Å². The standard InChI is InChI=1S/C11H17N5O2/c1-18-7-8-3-5-16(6-8)11-13-4-2-9(14-11)10(12)15-17/h2,4,8,17H,3,5-7H2,1H3,(H2,12,15). The maximum Gasteiger partial charge on any atom is 0.225 e. The van der Waals surface area contributed by atoms with E-state index in [-0.39, 0.29) is 5.84 Å². The topological polar surface area (TPSA) is 96.9 Å². The summed E-state index contributed by atoms with van der Waals surface area (Å²) >= 11 is 0. The fourth-order valence-corrected chi connectivity index (χ4v) is 2.08. The van der Waals surface area contributed by atoms with Gasteiger partial charge in [-0.05, 0) is 12.5 Å². The molecule has 2 heterocycles. The molecular weight excluding hydrogens is 234 g/mol. The van der Waals surface area contributed by atoms with E-state index in [1.54, 1.807) is 19.4 Å². The number of hydrogen-bond donors (Lipinski definition) is 2. The molecule has 1 saturated heterocycles. The quantitative estimate of drug-likeness (QED) is 0.339. The van der Waals surface area contributed by atoms with Crippen molar-refractivity contribution in [3.8, 4) is 0 Å². The van der Waals surface area contributed by atoms with Crippen LogP contribution in [0, 0.1) is 5.92 Å². The SMILES string of the molecule is COCC1CCN(c2nccc(/C(N)=N/O)n2)C1. The van der Waals surface area contributed by atoms with E-state index < -0.39 is 0 Å². The minimum atomic E-state index is -0.00807. The maximum atomic E-state index is 8.63. The number of anilines is 1. The number of aromatic nitrogens is 2. The lowest BCUT2D eigenvalue weighted by Crippen LogP contribution is -2.25. The van der Waals surface area contributed by atoms with Crippen molar-refractivity contribution in [1.82, 2.24) is 9.97 Å². The predicted molar refractivity (Wildman–Crippen MR) is 66.7 cm³/mol. The Morgan fingerprint density at radius 2 is 2.56 bits per heavy atom. The van der Waals surface area contributed by atoms with Gasteiger partial charge in [0, 0.05) is 32.3 Å². The largest absolute Gasteiger partial charge is 0.409 e. The van der Waals surface area contributed by atoms with E-state index in [0.717, 1.165) is 26.1 Å². The molecule has 1 unspecified atom stereocenters. The average Bonchev–Trinajstić information content (AvgIpc) is 2.87. The summed E-state index contributed by atoms with van der Waals surface area (Å²) in [4.78, 5) is 10.6. The number of nitrogens with zero attached hydrogens (tertiary/aromatic N) is 4. The van der Waals surface area contributed by atoms with E-state index in [9.17, 15) is 0 Å². The van der Waals surface area contributed by atoms with Gasteiger partial charge in [-0.2, -0.15) is 0 Å². The zero-order valence-corrected chi connectivity index (χ0v) is 10.3. The molecule has 18 heavy (non-hydrogen) atoms. The van der Waals surface area contributed by atoms with Gasteiger partial charge in [-0.1, -0.05) is 5.16 Å². The number of hydrogen-bond acceptors (Lipinski definition) is 6. The van der Waals surface area contributed by atoms with Gasteiger partial charge < -0.3 is 20.6 Å². The molecule has 7 heteroatoms. The predicted octanol–water partition coefficient (Wildman–Crippen LogP) is 0.0438. The van der Waals surface area contributed by atoms with Crippen molar-refractivity contribution in [2.45, 2.75) is 6.42 Å². The van der Waals surface area contributed by atoms with Crippen LogP contribution in [-0.4, -0.2) is 47.8 Å². The molecule has 1 fully saturated rings. The van der Waals surface area contributed by atoms with E-state index >= 15 is 0 Å². The van der Waals surface area contributed by atoms with Crippen LogP contribution in [0.15, 0.2) is 17.4 Å². The highest BCUT2D eigenvalue weighted by Gasteiger charge is 2.24. The van der Waals surface area contributed by atoms with Crippen molar-refractivity contribution in [3.05, 3.63) is 18.0 Å². The van der Waals surface area contributed by atoms with Crippen LogP contribution in [0.1, 0.15) is 12.1 Å². The van der Waals surface area contributed by atoms with Crippen molar-refractivity contribution in [2.75, 3.05) is 31.7 Å². The van der Waals surface area contributed by atoms with E-state index in [2.05, 4.69) is 20.0 Å². The molecule has 1 aliphatic heterocycles. The van der Waals surface area contributed by atoms with Crippen molar-refractivity contribution >= 4 is 11.8 Å². The van der Waals surface area contributed by atoms with E-state index in [4.69, 9.17) is 15.7 Å². The van der Waals surface area contributed by atoms with Crippen LogP contribution >= 0.6 is 0 Å². The van der Waals surface area contributed by atoms with Crippen molar-refractivity contribution in [1.29, 1.82) is 0 Å². The Balaban J connectivity index is 2.10. The van der Waals surface area contributed by atoms with Crippen LogP contribution in [0.25, 0.3) is 0 Å². The number of rotatable bonds is 4. The molecule has 7 nitrogen and oxygen atoms in total. The highest BCUT2D eigenvalue weighted by Crippen LogP contribution is 2.20. The first kappa shape index (κ1) is 12.6. The number of oxime groups is 1. The molecule has 1 aromatic rings. The lowest BCUT2D eigenvalue weighted by Gasteiger charge is -2.16. The second-order valence-electron chi connectivity index (χ2n) is 4.28. The normalized spacial score (nSPS) is 20.4. The molecule has 0 aliphatic carbocycles. The maximum absolute atomic E-state index is 8.63. The van der Waals surface area contributed by atoms with Gasteiger partial charge in [0.15, 0.2) is 5.84 Å². The van der Waals surface area contributed by atoms with Crippen LogP contribution in [-0.2, 0) is 4.74 Å². The number of nitrogens with two attached hydrogens (primary N) is 1. The van der Waals surface area contributed by atoms with Crippen LogP contribution < -0.4 is 10.6 Å². The molecule has 0 amide bonds. The highest BCUT2D eigenvalue weighted by atomic mass is 16.5. The third-order valence-electron chi connectivity index (χ3n) is 2.98. The Kier molecular flexibility index (Phi) is 3.93. The lowest BCUT2D eigenvalue weighted by atomic mass is 10.1. The fourth-order valence-electron chi connectivity index (χ4n) is 2.08. The summed E-state index contributed by atoms with van der Waals surface area (Å²) in [6.07, 6.45) is 2.67. The van der Waals surface area contributed by atoms with E-state index in [1.165, 1.54) is 0 Å². The summed E-state index contributed by atoms with van der Waals surface area (Å²) in [6, 6.07) is 1.61. The second-order valence-corrected chi connectivity index (χ2v) is 4.28. The summed E-state index contributed by atoms with van der Waals surface area (Å²) in [6.45, 7) is 2.51. The van der Waals surface area contributed by atoms with Gasteiger partial charge in [0.05, 0.1) is 6.61 Å². The average molecular weight is 251 g/mol. The van der Waals surface area contributed by atoms with Gasteiger partial charge in [-0.25, -0.2) is 9.97 Å². The second kappa shape index (κ2) is 5.63. The van der Waals surface area contributed by atoms with Gasteiger partial charge in [0.1, 0.15) is 5.69 Å². The summed E-state index contributed by atoms with van der Waals surface area (Å²) in [5.41, 5.74) is 5.94. The van der Waals surface area contributed by atoms with Crippen LogP contribution in [0.4, 0.5) is 5.95 Å². The summed E-state index contributed by atoms with van der Waals surface area (Å²) in [5, 5.41) is 11.6. The van der Waals surface area contributed by atoms with E-state index in [1.807, 2.05) is 0 Å². The van der Waals surface area contributed by atoms with Crippen LogP contribution in [0.3, 0.4) is 0 Å².